The fourth-order valence-corrected chi connectivity index (χ4v) is 1.08. The maximum Gasteiger partial charge on any atom is 0.254 e. The number of pyridine rings is 1. The first kappa shape index (κ1) is 9.05. The van der Waals surface area contributed by atoms with Crippen molar-refractivity contribution in [3.8, 4) is 0 Å². The minimum atomic E-state index is -1.24. The summed E-state index contributed by atoms with van der Waals surface area (Å²) in [6.45, 7) is 0. The van der Waals surface area contributed by atoms with E-state index < -0.39 is 17.7 Å². The van der Waals surface area contributed by atoms with Crippen LogP contribution >= 0.6 is 0 Å². The van der Waals surface area contributed by atoms with Crippen molar-refractivity contribution >= 4 is 5.91 Å². The van der Waals surface area contributed by atoms with Crippen LogP contribution in [0.4, 0.5) is 8.78 Å². The van der Waals surface area contributed by atoms with Crippen LogP contribution in [0, 0.1) is 11.8 Å². The second-order valence-corrected chi connectivity index (χ2v) is 3.21. The van der Waals surface area contributed by atoms with E-state index in [1.165, 1.54) is 0 Å². The highest BCUT2D eigenvalue weighted by molar-refractivity contribution is 5.94. The van der Waals surface area contributed by atoms with Crippen LogP contribution < -0.4 is 5.32 Å². The second-order valence-electron chi connectivity index (χ2n) is 3.21. The first-order valence-corrected chi connectivity index (χ1v) is 4.29. The summed E-state index contributed by atoms with van der Waals surface area (Å²) in [6, 6.07) is 1.29. The van der Waals surface area contributed by atoms with Gasteiger partial charge in [0, 0.05) is 12.2 Å². The number of nitrogens with one attached hydrogen (secondary N) is 1. The molecule has 74 valence electrons. The molecule has 1 aromatic rings. The van der Waals surface area contributed by atoms with Crippen LogP contribution in [0.5, 0.6) is 0 Å². The summed E-state index contributed by atoms with van der Waals surface area (Å²) < 4.78 is 25.7. The van der Waals surface area contributed by atoms with Gasteiger partial charge in [-0.05, 0) is 18.9 Å². The maximum absolute atomic E-state index is 13.0. The number of amides is 1. The molecule has 1 fully saturated rings. The standard InChI is InChI=1S/C9H8F2N2O/c10-7-6(3-4-12-8(7)11)9(14)13-5-1-2-5/h3-5H,1-2H2,(H,13,14). The Morgan fingerprint density at radius 3 is 2.86 bits per heavy atom. The summed E-state index contributed by atoms with van der Waals surface area (Å²) in [7, 11) is 0. The lowest BCUT2D eigenvalue weighted by atomic mass is 10.2. The monoisotopic (exact) mass is 198 g/mol. The van der Waals surface area contributed by atoms with Gasteiger partial charge in [0.2, 0.25) is 5.95 Å². The number of aromatic nitrogens is 1. The normalized spacial score (nSPS) is 15.3. The number of rotatable bonds is 2. The summed E-state index contributed by atoms with van der Waals surface area (Å²) >= 11 is 0. The average molecular weight is 198 g/mol. The lowest BCUT2D eigenvalue weighted by Gasteiger charge is -2.03. The van der Waals surface area contributed by atoms with Crippen LogP contribution in [0.1, 0.15) is 23.2 Å². The quantitative estimate of drug-likeness (QED) is 0.726. The third kappa shape index (κ3) is 1.71. The Hall–Kier alpha value is -1.52. The molecule has 2 rings (SSSR count). The van der Waals surface area contributed by atoms with Gasteiger partial charge in [-0.15, -0.1) is 0 Å². The molecule has 5 heteroatoms. The Kier molecular flexibility index (Phi) is 2.15. The lowest BCUT2D eigenvalue weighted by molar-refractivity contribution is 0.0945. The van der Waals surface area contributed by atoms with Crippen LogP contribution in [0.25, 0.3) is 0 Å². The molecule has 1 N–H and O–H groups in total. The van der Waals surface area contributed by atoms with Crippen LogP contribution in [0.3, 0.4) is 0 Å². The Balaban J connectivity index is 2.21. The maximum atomic E-state index is 13.0. The molecule has 0 atom stereocenters. The molecule has 0 unspecified atom stereocenters. The summed E-state index contributed by atoms with van der Waals surface area (Å²) in [6.07, 6.45) is 2.88. The molecule has 0 bridgehead atoms. The van der Waals surface area contributed by atoms with Crippen molar-refractivity contribution in [1.82, 2.24) is 10.3 Å². The molecule has 1 aliphatic carbocycles. The largest absolute Gasteiger partial charge is 0.349 e. The molecule has 0 radical (unpaired) electrons. The van der Waals surface area contributed by atoms with Gasteiger partial charge in [-0.3, -0.25) is 4.79 Å². The van der Waals surface area contributed by atoms with E-state index in [4.69, 9.17) is 0 Å². The molecule has 1 amide bonds. The van der Waals surface area contributed by atoms with Gasteiger partial charge in [-0.25, -0.2) is 9.37 Å². The zero-order valence-corrected chi connectivity index (χ0v) is 7.26. The van der Waals surface area contributed by atoms with Gasteiger partial charge >= 0.3 is 0 Å². The van der Waals surface area contributed by atoms with Crippen LogP contribution in [0.2, 0.25) is 0 Å². The molecule has 3 nitrogen and oxygen atoms in total. The molecule has 0 aliphatic heterocycles. The SMILES string of the molecule is O=C(NC1CC1)c1ccnc(F)c1F. The predicted octanol–water partition coefficient (Wildman–Crippen LogP) is 1.25. The molecular formula is C9H8F2N2O. The number of nitrogens with zero attached hydrogens (tertiary/aromatic N) is 1. The number of halogens is 2. The van der Waals surface area contributed by atoms with E-state index in [0.717, 1.165) is 25.1 Å². The predicted molar refractivity (Wildman–Crippen MR) is 44.6 cm³/mol. The molecule has 1 saturated carbocycles. The van der Waals surface area contributed by atoms with Crippen molar-refractivity contribution in [3.05, 3.63) is 29.6 Å². The zero-order valence-electron chi connectivity index (χ0n) is 7.26. The summed E-state index contributed by atoms with van der Waals surface area (Å²) in [5, 5.41) is 2.56. The number of hydrogen-bond donors (Lipinski definition) is 1. The fourth-order valence-electron chi connectivity index (χ4n) is 1.08. The summed E-state index contributed by atoms with van der Waals surface area (Å²) in [4.78, 5) is 14.4. The summed E-state index contributed by atoms with van der Waals surface area (Å²) in [5.74, 6) is -3.01. The van der Waals surface area contributed by atoms with Gasteiger partial charge in [0.25, 0.3) is 5.91 Å². The Morgan fingerprint density at radius 1 is 1.50 bits per heavy atom. The van der Waals surface area contributed by atoms with E-state index >= 15 is 0 Å². The number of carbonyl (C=O) groups excluding carboxylic acids is 1. The Bertz CT molecular complexity index is 377. The highest BCUT2D eigenvalue weighted by Gasteiger charge is 2.25. The highest BCUT2D eigenvalue weighted by atomic mass is 19.2. The van der Waals surface area contributed by atoms with Gasteiger partial charge in [0.15, 0.2) is 5.82 Å². The number of carbonyl (C=O) groups is 1. The Labute approximate surface area is 79.1 Å². The Morgan fingerprint density at radius 2 is 2.21 bits per heavy atom. The highest BCUT2D eigenvalue weighted by Crippen LogP contribution is 2.19. The first-order chi connectivity index (χ1) is 6.68. The molecule has 1 heterocycles. The van der Waals surface area contributed by atoms with Gasteiger partial charge in [0.05, 0.1) is 5.56 Å². The lowest BCUT2D eigenvalue weighted by Crippen LogP contribution is -2.26. The molecule has 1 aliphatic rings. The van der Waals surface area contributed by atoms with Crippen LogP contribution in [-0.4, -0.2) is 16.9 Å². The van der Waals surface area contributed by atoms with Crippen molar-refractivity contribution in [2.75, 3.05) is 0 Å². The smallest absolute Gasteiger partial charge is 0.254 e. The summed E-state index contributed by atoms with van der Waals surface area (Å²) in [5.41, 5.74) is -0.288. The molecule has 0 spiro atoms. The van der Waals surface area contributed by atoms with Gasteiger partial charge in [-0.2, -0.15) is 4.39 Å². The van der Waals surface area contributed by atoms with Crippen molar-refractivity contribution < 1.29 is 13.6 Å². The molecule has 14 heavy (non-hydrogen) atoms. The van der Waals surface area contributed by atoms with Gasteiger partial charge in [-0.1, -0.05) is 0 Å². The van der Waals surface area contributed by atoms with Crippen molar-refractivity contribution in [3.63, 3.8) is 0 Å². The van der Waals surface area contributed by atoms with E-state index in [1.54, 1.807) is 0 Å². The minimum absolute atomic E-state index is 0.123. The minimum Gasteiger partial charge on any atom is -0.349 e. The third-order valence-electron chi connectivity index (χ3n) is 2.00. The number of hydrogen-bond acceptors (Lipinski definition) is 2. The van der Waals surface area contributed by atoms with Crippen LogP contribution in [-0.2, 0) is 0 Å². The van der Waals surface area contributed by atoms with E-state index in [9.17, 15) is 13.6 Å². The van der Waals surface area contributed by atoms with E-state index in [2.05, 4.69) is 10.3 Å². The van der Waals surface area contributed by atoms with Crippen molar-refractivity contribution in [1.29, 1.82) is 0 Å². The molecule has 1 aromatic heterocycles. The van der Waals surface area contributed by atoms with Crippen molar-refractivity contribution in [2.45, 2.75) is 18.9 Å². The average Bonchev–Trinajstić information content (AvgIpc) is 2.93. The van der Waals surface area contributed by atoms with Crippen LogP contribution in [0.15, 0.2) is 12.3 Å². The van der Waals surface area contributed by atoms with Gasteiger partial charge < -0.3 is 5.32 Å². The van der Waals surface area contributed by atoms with E-state index in [0.29, 0.717) is 0 Å². The molecule has 0 aromatic carbocycles. The molecular weight excluding hydrogens is 190 g/mol. The fraction of sp³-hybridized carbons (Fsp3) is 0.333. The van der Waals surface area contributed by atoms with Crippen molar-refractivity contribution in [2.24, 2.45) is 0 Å². The zero-order chi connectivity index (χ0) is 10.1. The van der Waals surface area contributed by atoms with E-state index in [1.807, 2.05) is 0 Å². The first-order valence-electron chi connectivity index (χ1n) is 4.29. The topological polar surface area (TPSA) is 42.0 Å². The second kappa shape index (κ2) is 3.32. The van der Waals surface area contributed by atoms with Gasteiger partial charge in [0.1, 0.15) is 0 Å². The molecule has 0 saturated heterocycles. The van der Waals surface area contributed by atoms with E-state index in [-0.39, 0.29) is 11.6 Å². The third-order valence-corrected chi connectivity index (χ3v) is 2.00.